The maximum absolute atomic E-state index is 12.7. The number of imide groups is 2. The number of hydrogen-bond donors (Lipinski definition) is 2. The van der Waals surface area contributed by atoms with E-state index < -0.39 is 17.8 Å². The molecule has 2 N–H and O–H groups in total. The predicted molar refractivity (Wildman–Crippen MR) is 95.1 cm³/mol. The van der Waals surface area contributed by atoms with Crippen molar-refractivity contribution in [3.63, 3.8) is 0 Å². The van der Waals surface area contributed by atoms with Crippen LogP contribution in [0.2, 0.25) is 5.02 Å². The average molecular weight is 373 g/mol. The van der Waals surface area contributed by atoms with E-state index in [0.29, 0.717) is 10.8 Å². The quantitative estimate of drug-likeness (QED) is 0.638. The van der Waals surface area contributed by atoms with Gasteiger partial charge in [0.15, 0.2) is 0 Å². The second-order valence-corrected chi connectivity index (χ2v) is 5.80. The van der Waals surface area contributed by atoms with E-state index >= 15 is 0 Å². The number of carbonyl (C=O) groups is 3. The highest BCUT2D eigenvalue weighted by Gasteiger charge is 2.36. The van der Waals surface area contributed by atoms with Gasteiger partial charge in [-0.15, -0.1) is 0 Å². The molecule has 0 aliphatic carbocycles. The number of ether oxygens (including phenoxy) is 1. The van der Waals surface area contributed by atoms with Gasteiger partial charge in [0, 0.05) is 16.7 Å². The maximum Gasteiger partial charge on any atom is 0.335 e. The van der Waals surface area contributed by atoms with Gasteiger partial charge in [-0.3, -0.25) is 14.9 Å². The van der Waals surface area contributed by atoms with Gasteiger partial charge in [-0.25, -0.2) is 9.69 Å². The molecule has 2 aromatic rings. The first kappa shape index (κ1) is 17.5. The number of aromatic hydroxyl groups is 1. The number of anilines is 1. The van der Waals surface area contributed by atoms with Gasteiger partial charge in [0.2, 0.25) is 0 Å². The first-order valence-electron chi connectivity index (χ1n) is 7.44. The Morgan fingerprint density at radius 2 is 1.81 bits per heavy atom. The van der Waals surface area contributed by atoms with Crippen LogP contribution in [0.4, 0.5) is 10.5 Å². The number of halogens is 1. The van der Waals surface area contributed by atoms with Gasteiger partial charge < -0.3 is 9.84 Å². The number of nitrogens with one attached hydrogen (secondary N) is 1. The molecule has 0 unspecified atom stereocenters. The van der Waals surface area contributed by atoms with E-state index in [1.807, 2.05) is 0 Å². The lowest BCUT2D eigenvalue weighted by Gasteiger charge is -2.26. The summed E-state index contributed by atoms with van der Waals surface area (Å²) in [6.07, 6.45) is 1.21. The summed E-state index contributed by atoms with van der Waals surface area (Å²) in [7, 11) is 1.45. The average Bonchev–Trinajstić information content (AvgIpc) is 2.61. The molecule has 132 valence electrons. The lowest BCUT2D eigenvalue weighted by molar-refractivity contribution is -0.122. The number of urea groups is 1. The normalized spacial score (nSPS) is 16.0. The van der Waals surface area contributed by atoms with Crippen LogP contribution in [0.1, 0.15) is 5.56 Å². The van der Waals surface area contributed by atoms with Crippen molar-refractivity contribution in [2.75, 3.05) is 12.0 Å². The Morgan fingerprint density at radius 1 is 1.12 bits per heavy atom. The fourth-order valence-electron chi connectivity index (χ4n) is 2.41. The summed E-state index contributed by atoms with van der Waals surface area (Å²) < 4.78 is 4.99. The van der Waals surface area contributed by atoms with E-state index in [9.17, 15) is 19.5 Å². The summed E-state index contributed by atoms with van der Waals surface area (Å²) in [5.74, 6) is -1.41. The fraction of sp³-hybridized carbons (Fsp3) is 0.0556. The molecule has 0 bridgehead atoms. The van der Waals surface area contributed by atoms with Gasteiger partial charge in [-0.1, -0.05) is 11.6 Å². The van der Waals surface area contributed by atoms with Crippen molar-refractivity contribution in [1.29, 1.82) is 0 Å². The van der Waals surface area contributed by atoms with Crippen LogP contribution in [0.25, 0.3) is 6.08 Å². The lowest BCUT2D eigenvalue weighted by atomic mass is 10.1. The standard InChI is InChI=1S/C18H13ClN2O5/c1-26-13-7-2-10(15(22)9-13)8-14-16(23)20-18(25)21(17(14)24)12-5-3-11(19)4-6-12/h2-9,22H,1H3,(H,20,23,25)/b14-8+. The van der Waals surface area contributed by atoms with Crippen molar-refractivity contribution >= 4 is 41.2 Å². The number of rotatable bonds is 3. The molecule has 1 fully saturated rings. The molecule has 3 rings (SSSR count). The largest absolute Gasteiger partial charge is 0.507 e. The molecule has 1 aliphatic heterocycles. The lowest BCUT2D eigenvalue weighted by Crippen LogP contribution is -2.54. The van der Waals surface area contributed by atoms with Crippen molar-refractivity contribution in [2.45, 2.75) is 0 Å². The molecular weight excluding hydrogens is 360 g/mol. The first-order chi connectivity index (χ1) is 12.4. The molecule has 0 radical (unpaired) electrons. The van der Waals surface area contributed by atoms with E-state index in [0.717, 1.165) is 4.90 Å². The third-order valence-corrected chi connectivity index (χ3v) is 3.98. The van der Waals surface area contributed by atoms with Gasteiger partial charge in [0.05, 0.1) is 12.8 Å². The number of methoxy groups -OCH3 is 1. The van der Waals surface area contributed by atoms with Crippen molar-refractivity contribution < 1.29 is 24.2 Å². The van der Waals surface area contributed by atoms with Crippen LogP contribution in [-0.2, 0) is 9.59 Å². The van der Waals surface area contributed by atoms with Crippen LogP contribution in [0, 0.1) is 0 Å². The highest BCUT2D eigenvalue weighted by atomic mass is 35.5. The minimum absolute atomic E-state index is 0.174. The second-order valence-electron chi connectivity index (χ2n) is 5.36. The van der Waals surface area contributed by atoms with Gasteiger partial charge in [-0.2, -0.15) is 0 Å². The topological polar surface area (TPSA) is 95.9 Å². The van der Waals surface area contributed by atoms with E-state index in [-0.39, 0.29) is 22.6 Å². The maximum atomic E-state index is 12.7. The molecule has 7 nitrogen and oxygen atoms in total. The predicted octanol–water partition coefficient (Wildman–Crippen LogP) is 2.72. The second kappa shape index (κ2) is 6.89. The minimum atomic E-state index is -0.863. The molecule has 26 heavy (non-hydrogen) atoms. The number of nitrogens with zero attached hydrogens (tertiary/aromatic N) is 1. The van der Waals surface area contributed by atoms with E-state index in [2.05, 4.69) is 5.32 Å². The van der Waals surface area contributed by atoms with Crippen LogP contribution in [0.3, 0.4) is 0 Å². The summed E-state index contributed by atoms with van der Waals surface area (Å²) in [4.78, 5) is 37.7. The van der Waals surface area contributed by atoms with Crippen LogP contribution < -0.4 is 15.0 Å². The molecule has 8 heteroatoms. The summed E-state index contributed by atoms with van der Waals surface area (Å²) in [6.45, 7) is 0. The third-order valence-electron chi connectivity index (χ3n) is 3.72. The smallest absolute Gasteiger partial charge is 0.335 e. The van der Waals surface area contributed by atoms with Gasteiger partial charge in [0.25, 0.3) is 11.8 Å². The Morgan fingerprint density at radius 3 is 2.42 bits per heavy atom. The summed E-state index contributed by atoms with van der Waals surface area (Å²) in [5, 5.41) is 12.6. The zero-order chi connectivity index (χ0) is 18.8. The minimum Gasteiger partial charge on any atom is -0.507 e. The van der Waals surface area contributed by atoms with E-state index in [1.165, 1.54) is 49.6 Å². The molecule has 0 atom stereocenters. The van der Waals surface area contributed by atoms with Crippen LogP contribution >= 0.6 is 11.6 Å². The Hall–Kier alpha value is -3.32. The number of amides is 4. The third kappa shape index (κ3) is 3.25. The van der Waals surface area contributed by atoms with Crippen molar-refractivity contribution in [3.05, 3.63) is 58.6 Å². The monoisotopic (exact) mass is 372 g/mol. The zero-order valence-corrected chi connectivity index (χ0v) is 14.3. The summed E-state index contributed by atoms with van der Waals surface area (Å²) in [6, 6.07) is 9.55. The number of barbiturate groups is 1. The number of benzene rings is 2. The highest BCUT2D eigenvalue weighted by molar-refractivity contribution is 6.39. The molecule has 2 aromatic carbocycles. The van der Waals surface area contributed by atoms with Crippen LogP contribution in [-0.4, -0.2) is 30.1 Å². The van der Waals surface area contributed by atoms with Gasteiger partial charge in [0.1, 0.15) is 17.1 Å². The van der Waals surface area contributed by atoms with Crippen LogP contribution in [0.15, 0.2) is 48.0 Å². The van der Waals surface area contributed by atoms with Crippen molar-refractivity contribution in [1.82, 2.24) is 5.32 Å². The Kier molecular flexibility index (Phi) is 4.64. The molecule has 1 heterocycles. The van der Waals surface area contributed by atoms with Gasteiger partial charge in [-0.05, 0) is 42.5 Å². The van der Waals surface area contributed by atoms with Gasteiger partial charge >= 0.3 is 6.03 Å². The zero-order valence-electron chi connectivity index (χ0n) is 13.5. The Labute approximate surface area is 153 Å². The van der Waals surface area contributed by atoms with Crippen molar-refractivity contribution in [2.24, 2.45) is 0 Å². The molecule has 4 amide bonds. The molecule has 1 saturated heterocycles. The number of phenols is 1. The molecular formula is C18H13ClN2O5. The molecule has 0 spiro atoms. The van der Waals surface area contributed by atoms with Crippen LogP contribution in [0.5, 0.6) is 11.5 Å². The molecule has 0 aromatic heterocycles. The molecule has 0 saturated carbocycles. The highest BCUT2D eigenvalue weighted by Crippen LogP contribution is 2.28. The Bertz CT molecular complexity index is 937. The first-order valence-corrected chi connectivity index (χ1v) is 7.82. The number of phenolic OH excluding ortho intramolecular Hbond substituents is 1. The summed E-state index contributed by atoms with van der Waals surface area (Å²) >= 11 is 5.82. The number of carbonyl (C=O) groups excluding carboxylic acids is 3. The Balaban J connectivity index is 2.01. The summed E-state index contributed by atoms with van der Waals surface area (Å²) in [5.41, 5.74) is 0.198. The molecule has 1 aliphatic rings. The number of hydrogen-bond acceptors (Lipinski definition) is 5. The van der Waals surface area contributed by atoms with Crippen molar-refractivity contribution in [3.8, 4) is 11.5 Å². The van der Waals surface area contributed by atoms with E-state index in [1.54, 1.807) is 6.07 Å². The fourth-order valence-corrected chi connectivity index (χ4v) is 2.54. The van der Waals surface area contributed by atoms with E-state index in [4.69, 9.17) is 16.3 Å². The SMILES string of the molecule is COc1ccc(/C=C2\C(=O)NC(=O)N(c3ccc(Cl)cc3)C2=O)c(O)c1.